The first-order valence-corrected chi connectivity index (χ1v) is 9.77. The molecule has 1 amide bonds. The Balaban J connectivity index is 1.79. The minimum Gasteiger partial charge on any atom is -0.485 e. The van der Waals surface area contributed by atoms with Crippen LogP contribution in [0, 0.1) is 6.92 Å². The van der Waals surface area contributed by atoms with Gasteiger partial charge >= 0.3 is 0 Å². The Morgan fingerprint density at radius 1 is 1.28 bits per heavy atom. The van der Waals surface area contributed by atoms with Gasteiger partial charge in [0.15, 0.2) is 11.6 Å². The number of nitrogens with two attached hydrogens (primary N) is 2. The summed E-state index contributed by atoms with van der Waals surface area (Å²) in [6.45, 7) is 2.35. The summed E-state index contributed by atoms with van der Waals surface area (Å²) in [6, 6.07) is 1.65. The molecule has 1 spiro atoms. The third-order valence-electron chi connectivity index (χ3n) is 5.51. The van der Waals surface area contributed by atoms with Crippen molar-refractivity contribution in [2.75, 3.05) is 24.2 Å². The molecule has 1 aliphatic heterocycles. The lowest BCUT2D eigenvalue weighted by Gasteiger charge is -2.35. The highest BCUT2D eigenvalue weighted by atomic mass is 16.5. The Morgan fingerprint density at radius 2 is 2.03 bits per heavy atom. The fraction of sp³-hybridized carbons (Fsp3) is 0.474. The zero-order valence-corrected chi connectivity index (χ0v) is 16.3. The number of ether oxygens (including phenoxy) is 1. The van der Waals surface area contributed by atoms with Gasteiger partial charge in [-0.1, -0.05) is 6.42 Å². The summed E-state index contributed by atoms with van der Waals surface area (Å²) in [7, 11) is 0. The van der Waals surface area contributed by atoms with Crippen molar-refractivity contribution in [2.24, 2.45) is 5.73 Å². The van der Waals surface area contributed by atoms with Crippen LogP contribution in [0.2, 0.25) is 0 Å². The van der Waals surface area contributed by atoms with E-state index in [2.05, 4.69) is 20.6 Å². The number of hydrogen-bond donors (Lipinski definition) is 4. The normalized spacial score (nSPS) is 17.1. The Morgan fingerprint density at radius 3 is 2.76 bits per heavy atom. The lowest BCUT2D eigenvalue weighted by Crippen LogP contribution is -2.48. The SMILES string of the molecule is Cc1cc(Nc2ncnc(N)c2OCCN)c(=O)n2c1C(=O)NC21CCCCC1. The summed E-state index contributed by atoms with van der Waals surface area (Å²) in [5, 5.41) is 6.10. The summed E-state index contributed by atoms with van der Waals surface area (Å²) in [4.78, 5) is 34.2. The molecule has 10 nitrogen and oxygen atoms in total. The number of carbonyl (C=O) groups excluding carboxylic acids is 1. The lowest BCUT2D eigenvalue weighted by molar-refractivity contribution is 0.0876. The molecule has 2 aromatic rings. The third-order valence-corrected chi connectivity index (χ3v) is 5.51. The molecule has 0 unspecified atom stereocenters. The Bertz CT molecular complexity index is 1010. The van der Waals surface area contributed by atoms with E-state index in [1.807, 2.05) is 6.92 Å². The summed E-state index contributed by atoms with van der Waals surface area (Å²) in [5.74, 6) is 0.459. The number of aryl methyl sites for hydroxylation is 1. The van der Waals surface area contributed by atoms with Gasteiger partial charge < -0.3 is 26.8 Å². The van der Waals surface area contributed by atoms with Gasteiger partial charge in [-0.05, 0) is 44.2 Å². The molecule has 0 bridgehead atoms. The maximum atomic E-state index is 13.4. The van der Waals surface area contributed by atoms with Crippen LogP contribution in [-0.2, 0) is 5.66 Å². The van der Waals surface area contributed by atoms with Crippen LogP contribution in [0.4, 0.5) is 17.3 Å². The van der Waals surface area contributed by atoms with Crippen molar-refractivity contribution in [3.8, 4) is 5.75 Å². The number of hydrogen-bond acceptors (Lipinski definition) is 8. The highest BCUT2D eigenvalue weighted by Gasteiger charge is 2.45. The van der Waals surface area contributed by atoms with Gasteiger partial charge in [0.05, 0.1) is 0 Å². The molecular weight excluding hydrogens is 374 g/mol. The average molecular weight is 399 g/mol. The van der Waals surface area contributed by atoms with Crippen molar-refractivity contribution in [1.82, 2.24) is 19.9 Å². The predicted octanol–water partition coefficient (Wildman–Crippen LogP) is 0.970. The van der Waals surface area contributed by atoms with Gasteiger partial charge in [0.25, 0.3) is 11.5 Å². The Labute approximate surface area is 167 Å². The predicted molar refractivity (Wildman–Crippen MR) is 108 cm³/mol. The number of nitrogens with one attached hydrogen (secondary N) is 2. The quantitative estimate of drug-likeness (QED) is 0.581. The Hall–Kier alpha value is -3.14. The van der Waals surface area contributed by atoms with Crippen molar-refractivity contribution < 1.29 is 9.53 Å². The second-order valence-corrected chi connectivity index (χ2v) is 7.48. The van der Waals surface area contributed by atoms with E-state index in [1.165, 1.54) is 6.33 Å². The van der Waals surface area contributed by atoms with Gasteiger partial charge in [0.2, 0.25) is 5.75 Å². The first kappa shape index (κ1) is 19.2. The molecule has 29 heavy (non-hydrogen) atoms. The standard InChI is InChI=1S/C19H25N7O3/c1-11-9-12(24-16-14(29-8-7-20)15(21)22-10-23-16)18(28)26-13(11)17(27)25-19(26)5-3-2-4-6-19/h9-10H,2-8,20H2,1H3,(H,25,27)(H3,21,22,23,24). The van der Waals surface area contributed by atoms with Crippen LogP contribution in [-0.4, -0.2) is 33.6 Å². The molecule has 2 aromatic heterocycles. The third kappa shape index (κ3) is 3.19. The van der Waals surface area contributed by atoms with Gasteiger partial charge in [-0.25, -0.2) is 9.97 Å². The number of amides is 1. The number of fused-ring (bicyclic) bond motifs is 2. The molecule has 4 rings (SSSR count). The molecule has 154 valence electrons. The first-order valence-electron chi connectivity index (χ1n) is 9.77. The van der Waals surface area contributed by atoms with E-state index in [0.29, 0.717) is 23.5 Å². The summed E-state index contributed by atoms with van der Waals surface area (Å²) in [5.41, 5.74) is 11.9. The van der Waals surface area contributed by atoms with Gasteiger partial charge in [0, 0.05) is 6.54 Å². The van der Waals surface area contributed by atoms with E-state index in [0.717, 1.165) is 32.1 Å². The Kier molecular flexibility index (Phi) is 4.87. The van der Waals surface area contributed by atoms with Crippen molar-refractivity contribution in [3.05, 3.63) is 34.0 Å². The minimum atomic E-state index is -0.659. The summed E-state index contributed by atoms with van der Waals surface area (Å²) in [6.07, 6.45) is 5.78. The topological polar surface area (TPSA) is 150 Å². The van der Waals surface area contributed by atoms with Crippen molar-refractivity contribution in [1.29, 1.82) is 0 Å². The lowest BCUT2D eigenvalue weighted by atomic mass is 9.89. The molecule has 0 radical (unpaired) electrons. The van der Waals surface area contributed by atoms with Gasteiger partial charge in [-0.15, -0.1) is 0 Å². The fourth-order valence-corrected chi connectivity index (χ4v) is 4.24. The maximum absolute atomic E-state index is 13.4. The zero-order valence-electron chi connectivity index (χ0n) is 16.3. The smallest absolute Gasteiger partial charge is 0.276 e. The molecule has 3 heterocycles. The number of carbonyl (C=O) groups is 1. The molecule has 1 saturated carbocycles. The average Bonchev–Trinajstić information content (AvgIpc) is 2.98. The second kappa shape index (κ2) is 7.36. The number of nitrogen functional groups attached to an aromatic ring is 1. The van der Waals surface area contributed by atoms with Crippen molar-refractivity contribution in [3.63, 3.8) is 0 Å². The molecule has 1 fully saturated rings. The van der Waals surface area contributed by atoms with Crippen molar-refractivity contribution in [2.45, 2.75) is 44.7 Å². The number of nitrogens with zero attached hydrogens (tertiary/aromatic N) is 3. The second-order valence-electron chi connectivity index (χ2n) is 7.48. The van der Waals surface area contributed by atoms with Crippen LogP contribution in [0.3, 0.4) is 0 Å². The number of rotatable bonds is 5. The molecule has 0 saturated heterocycles. The van der Waals surface area contributed by atoms with Crippen molar-refractivity contribution >= 4 is 23.2 Å². The number of pyridine rings is 1. The van der Waals surface area contributed by atoms with Crippen LogP contribution in [0.1, 0.15) is 48.2 Å². The first-order chi connectivity index (χ1) is 14.0. The summed E-state index contributed by atoms with van der Waals surface area (Å²) < 4.78 is 7.19. The van der Waals surface area contributed by atoms with E-state index in [4.69, 9.17) is 16.2 Å². The molecule has 6 N–H and O–H groups in total. The van der Waals surface area contributed by atoms with Crippen LogP contribution in [0.15, 0.2) is 17.2 Å². The molecule has 0 atom stereocenters. The van der Waals surface area contributed by atoms with Crippen LogP contribution >= 0.6 is 0 Å². The van der Waals surface area contributed by atoms with Crippen LogP contribution < -0.4 is 32.4 Å². The molecular formula is C19H25N7O3. The van der Waals surface area contributed by atoms with Gasteiger partial charge in [-0.3, -0.25) is 14.2 Å². The highest BCUT2D eigenvalue weighted by molar-refractivity contribution is 5.97. The molecule has 10 heteroatoms. The molecule has 0 aromatic carbocycles. The monoisotopic (exact) mass is 399 g/mol. The van der Waals surface area contributed by atoms with Gasteiger partial charge in [-0.2, -0.15) is 0 Å². The molecule has 1 aliphatic carbocycles. The fourth-order valence-electron chi connectivity index (χ4n) is 4.24. The number of anilines is 3. The van der Waals surface area contributed by atoms with Crippen LogP contribution in [0.25, 0.3) is 0 Å². The summed E-state index contributed by atoms with van der Waals surface area (Å²) >= 11 is 0. The maximum Gasteiger partial charge on any atom is 0.276 e. The highest BCUT2D eigenvalue weighted by Crippen LogP contribution is 2.38. The number of aromatic nitrogens is 3. The van der Waals surface area contributed by atoms with E-state index in [9.17, 15) is 9.59 Å². The van der Waals surface area contributed by atoms with Gasteiger partial charge in [0.1, 0.15) is 30.0 Å². The van der Waals surface area contributed by atoms with E-state index in [-0.39, 0.29) is 35.5 Å². The molecule has 2 aliphatic rings. The zero-order chi connectivity index (χ0) is 20.6. The van der Waals surface area contributed by atoms with E-state index >= 15 is 0 Å². The van der Waals surface area contributed by atoms with E-state index in [1.54, 1.807) is 10.6 Å². The largest absolute Gasteiger partial charge is 0.485 e. The minimum absolute atomic E-state index is 0.148. The van der Waals surface area contributed by atoms with Crippen LogP contribution in [0.5, 0.6) is 5.75 Å². The van der Waals surface area contributed by atoms with E-state index < -0.39 is 5.66 Å².